The molecular formula is C23H22FN3O3. The molecule has 0 aliphatic carbocycles. The molecule has 0 aromatic heterocycles. The van der Waals surface area contributed by atoms with Crippen LogP contribution < -0.4 is 15.1 Å². The van der Waals surface area contributed by atoms with Crippen molar-refractivity contribution in [2.24, 2.45) is 0 Å². The van der Waals surface area contributed by atoms with Gasteiger partial charge in [-0.15, -0.1) is 0 Å². The molecule has 7 heteroatoms. The number of urea groups is 1. The highest BCUT2D eigenvalue weighted by molar-refractivity contribution is 6.39. The number of nitrogens with one attached hydrogen (secondary N) is 1. The smallest absolute Gasteiger partial charge is 0.335 e. The third kappa shape index (κ3) is 4.10. The van der Waals surface area contributed by atoms with E-state index in [2.05, 4.69) is 10.2 Å². The average molecular weight is 407 g/mol. The molecule has 0 bridgehead atoms. The van der Waals surface area contributed by atoms with E-state index in [1.54, 1.807) is 0 Å². The van der Waals surface area contributed by atoms with Gasteiger partial charge in [0.25, 0.3) is 11.8 Å². The van der Waals surface area contributed by atoms with Gasteiger partial charge in [-0.25, -0.2) is 14.1 Å². The lowest BCUT2D eigenvalue weighted by Gasteiger charge is -2.26. The fourth-order valence-electron chi connectivity index (χ4n) is 3.76. The van der Waals surface area contributed by atoms with Crippen molar-refractivity contribution in [1.82, 2.24) is 5.32 Å². The predicted octanol–water partition coefficient (Wildman–Crippen LogP) is 3.87. The molecule has 30 heavy (non-hydrogen) atoms. The van der Waals surface area contributed by atoms with Crippen LogP contribution in [0.4, 0.5) is 20.6 Å². The fourth-order valence-corrected chi connectivity index (χ4v) is 3.76. The Morgan fingerprint density at radius 1 is 0.800 bits per heavy atom. The minimum atomic E-state index is -0.856. The number of hydrogen-bond acceptors (Lipinski definition) is 4. The summed E-state index contributed by atoms with van der Waals surface area (Å²) in [5.41, 5.74) is 1.83. The number of hydrogen-bond donors (Lipinski definition) is 1. The lowest BCUT2D eigenvalue weighted by molar-refractivity contribution is -0.122. The molecule has 4 amide bonds. The first-order valence-electron chi connectivity index (χ1n) is 10.0. The Morgan fingerprint density at radius 2 is 1.40 bits per heavy atom. The van der Waals surface area contributed by atoms with Crippen molar-refractivity contribution in [3.63, 3.8) is 0 Å². The van der Waals surface area contributed by atoms with E-state index in [0.29, 0.717) is 5.56 Å². The zero-order valence-corrected chi connectivity index (χ0v) is 16.4. The van der Waals surface area contributed by atoms with Crippen molar-refractivity contribution >= 4 is 35.3 Å². The Labute approximate surface area is 174 Å². The van der Waals surface area contributed by atoms with E-state index >= 15 is 0 Å². The van der Waals surface area contributed by atoms with E-state index in [4.69, 9.17) is 0 Å². The number of halogens is 1. The highest BCUT2D eigenvalue weighted by Gasteiger charge is 2.36. The Morgan fingerprint density at radius 3 is 2.03 bits per heavy atom. The van der Waals surface area contributed by atoms with Crippen LogP contribution in [0.25, 0.3) is 6.08 Å². The van der Waals surface area contributed by atoms with Gasteiger partial charge in [0, 0.05) is 18.8 Å². The van der Waals surface area contributed by atoms with Crippen molar-refractivity contribution in [2.75, 3.05) is 22.9 Å². The number of barbiturate groups is 1. The van der Waals surface area contributed by atoms with Crippen LogP contribution in [0.1, 0.15) is 31.2 Å². The fraction of sp³-hybridized carbons (Fsp3) is 0.261. The van der Waals surface area contributed by atoms with Crippen LogP contribution in [-0.4, -0.2) is 30.9 Å². The van der Waals surface area contributed by atoms with Crippen LogP contribution in [0, 0.1) is 5.82 Å². The highest BCUT2D eigenvalue weighted by atomic mass is 19.1. The van der Waals surface area contributed by atoms with Gasteiger partial charge >= 0.3 is 6.03 Å². The average Bonchev–Trinajstić information content (AvgIpc) is 3.02. The van der Waals surface area contributed by atoms with Crippen molar-refractivity contribution in [2.45, 2.75) is 25.7 Å². The minimum Gasteiger partial charge on any atom is -0.372 e. The maximum Gasteiger partial charge on any atom is 0.335 e. The summed E-state index contributed by atoms with van der Waals surface area (Å²) in [7, 11) is 0. The van der Waals surface area contributed by atoms with Gasteiger partial charge in [0.1, 0.15) is 11.4 Å². The van der Waals surface area contributed by atoms with E-state index in [1.807, 2.05) is 24.3 Å². The van der Waals surface area contributed by atoms with Crippen molar-refractivity contribution in [3.8, 4) is 0 Å². The maximum absolute atomic E-state index is 13.2. The number of rotatable bonds is 3. The molecule has 4 rings (SSSR count). The minimum absolute atomic E-state index is 0.151. The summed E-state index contributed by atoms with van der Waals surface area (Å²) in [4.78, 5) is 40.5. The summed E-state index contributed by atoms with van der Waals surface area (Å²) in [6.45, 7) is 2.05. The Kier molecular flexibility index (Phi) is 5.61. The molecule has 0 saturated carbocycles. The topological polar surface area (TPSA) is 69.7 Å². The summed E-state index contributed by atoms with van der Waals surface area (Å²) in [5, 5.41) is 2.17. The predicted molar refractivity (Wildman–Crippen MR) is 113 cm³/mol. The molecule has 154 valence electrons. The molecule has 2 fully saturated rings. The zero-order valence-electron chi connectivity index (χ0n) is 16.4. The van der Waals surface area contributed by atoms with Crippen LogP contribution in [0.3, 0.4) is 0 Å². The van der Waals surface area contributed by atoms with E-state index in [-0.39, 0.29) is 11.3 Å². The van der Waals surface area contributed by atoms with E-state index in [9.17, 15) is 18.8 Å². The Hall–Kier alpha value is -3.48. The van der Waals surface area contributed by atoms with Gasteiger partial charge in [-0.1, -0.05) is 25.0 Å². The quantitative estimate of drug-likeness (QED) is 0.619. The van der Waals surface area contributed by atoms with Gasteiger partial charge in [-0.2, -0.15) is 0 Å². The molecular weight excluding hydrogens is 385 g/mol. The second-order valence-electron chi connectivity index (χ2n) is 7.43. The summed E-state index contributed by atoms with van der Waals surface area (Å²) in [6, 6.07) is 11.7. The summed E-state index contributed by atoms with van der Waals surface area (Å²) in [6.07, 6.45) is 6.32. The number of nitrogens with zero attached hydrogens (tertiary/aromatic N) is 2. The Bertz CT molecular complexity index is 991. The first-order chi connectivity index (χ1) is 14.5. The summed E-state index contributed by atoms with van der Waals surface area (Å²) in [5.74, 6) is -1.98. The van der Waals surface area contributed by atoms with Gasteiger partial charge in [0.2, 0.25) is 0 Å². The standard InChI is InChI=1S/C23H22FN3O3/c24-17-7-11-19(12-8-17)27-22(29)20(21(28)25-23(27)30)15-16-5-9-18(10-6-16)26-13-3-1-2-4-14-26/h5-12,15H,1-4,13-14H2,(H,25,28,30)/b20-15+. The Balaban J connectivity index is 1.58. The molecule has 0 radical (unpaired) electrons. The maximum atomic E-state index is 13.2. The van der Waals surface area contributed by atoms with Gasteiger partial charge in [-0.05, 0) is 60.9 Å². The monoisotopic (exact) mass is 407 g/mol. The third-order valence-electron chi connectivity index (χ3n) is 5.36. The van der Waals surface area contributed by atoms with E-state index in [1.165, 1.54) is 43.9 Å². The number of imide groups is 2. The molecule has 0 spiro atoms. The first-order valence-corrected chi connectivity index (χ1v) is 10.0. The van der Waals surface area contributed by atoms with Gasteiger partial charge in [0.15, 0.2) is 0 Å². The van der Waals surface area contributed by atoms with E-state index in [0.717, 1.165) is 35.8 Å². The number of carbonyl (C=O) groups is 3. The van der Waals surface area contributed by atoms with Crippen molar-refractivity contribution < 1.29 is 18.8 Å². The largest absolute Gasteiger partial charge is 0.372 e. The van der Waals surface area contributed by atoms with Gasteiger partial charge in [0.05, 0.1) is 5.69 Å². The number of carbonyl (C=O) groups excluding carboxylic acids is 3. The van der Waals surface area contributed by atoms with Gasteiger partial charge in [-0.3, -0.25) is 14.9 Å². The summed E-state index contributed by atoms with van der Waals surface area (Å²) >= 11 is 0. The zero-order chi connectivity index (χ0) is 21.1. The molecule has 1 N–H and O–H groups in total. The van der Waals surface area contributed by atoms with E-state index < -0.39 is 23.7 Å². The molecule has 2 aliphatic heterocycles. The second kappa shape index (κ2) is 8.49. The van der Waals surface area contributed by atoms with Crippen LogP contribution >= 0.6 is 0 Å². The lowest BCUT2D eigenvalue weighted by Crippen LogP contribution is -2.54. The van der Waals surface area contributed by atoms with Crippen LogP contribution in [0.15, 0.2) is 54.1 Å². The molecule has 2 aliphatic rings. The third-order valence-corrected chi connectivity index (χ3v) is 5.36. The molecule has 0 atom stereocenters. The highest BCUT2D eigenvalue weighted by Crippen LogP contribution is 2.24. The molecule has 2 aromatic carbocycles. The lowest BCUT2D eigenvalue weighted by atomic mass is 10.1. The number of benzene rings is 2. The molecule has 0 unspecified atom stereocenters. The SMILES string of the molecule is O=C1NC(=O)N(c2ccc(F)cc2)C(=O)/C1=C/c1ccc(N2CCCCCC2)cc1. The number of amides is 4. The molecule has 2 saturated heterocycles. The normalized spacial score (nSPS) is 19.1. The second-order valence-corrected chi connectivity index (χ2v) is 7.43. The van der Waals surface area contributed by atoms with Gasteiger partial charge < -0.3 is 4.90 Å². The van der Waals surface area contributed by atoms with Crippen molar-refractivity contribution in [1.29, 1.82) is 0 Å². The van der Waals surface area contributed by atoms with Crippen LogP contribution in [0.5, 0.6) is 0 Å². The van der Waals surface area contributed by atoms with Crippen LogP contribution in [-0.2, 0) is 9.59 Å². The number of anilines is 2. The first kappa shape index (κ1) is 19.8. The van der Waals surface area contributed by atoms with Crippen LogP contribution in [0.2, 0.25) is 0 Å². The van der Waals surface area contributed by atoms with Crippen molar-refractivity contribution in [3.05, 3.63) is 65.5 Å². The summed E-state index contributed by atoms with van der Waals surface area (Å²) < 4.78 is 13.2. The molecule has 6 nitrogen and oxygen atoms in total. The molecule has 2 heterocycles. The molecule has 2 aromatic rings.